The van der Waals surface area contributed by atoms with Gasteiger partial charge in [0, 0.05) is 0 Å². The highest BCUT2D eigenvalue weighted by Gasteiger charge is 2.26. The van der Waals surface area contributed by atoms with Crippen molar-refractivity contribution in [2.45, 2.75) is 37.9 Å². The topological polar surface area (TPSA) is 55.4 Å². The van der Waals surface area contributed by atoms with Gasteiger partial charge in [-0.1, -0.05) is 12.8 Å². The van der Waals surface area contributed by atoms with E-state index in [-0.39, 0.29) is 12.2 Å². The lowest BCUT2D eigenvalue weighted by Crippen LogP contribution is -2.36. The minimum Gasteiger partial charge on any atom is -0.377 e. The molecule has 2 rings (SSSR count). The molecule has 130 valence electrons. The second-order valence-electron chi connectivity index (χ2n) is 5.55. The maximum atomic E-state index is 5.94. The fraction of sp³-hybridized carbons (Fsp3) is 1.00. The normalized spacial score (nSPS) is 31.6. The van der Waals surface area contributed by atoms with Crippen molar-refractivity contribution in [3.05, 3.63) is 0 Å². The third-order valence-electron chi connectivity index (χ3n) is 3.88. The molecule has 0 aromatic carbocycles. The van der Waals surface area contributed by atoms with Crippen LogP contribution in [0.2, 0.25) is 0 Å². The van der Waals surface area contributed by atoms with Crippen molar-refractivity contribution < 1.29 is 28.4 Å². The van der Waals surface area contributed by atoms with Gasteiger partial charge in [-0.2, -0.15) is 0 Å². The molecule has 22 heavy (non-hydrogen) atoms. The van der Waals surface area contributed by atoms with E-state index in [2.05, 4.69) is 0 Å². The Kier molecular flexibility index (Phi) is 10.1. The van der Waals surface area contributed by atoms with Crippen molar-refractivity contribution in [3.8, 4) is 0 Å². The van der Waals surface area contributed by atoms with Crippen LogP contribution in [0.5, 0.6) is 0 Å². The molecule has 6 heteroatoms. The van der Waals surface area contributed by atoms with Crippen LogP contribution in [0.25, 0.3) is 0 Å². The van der Waals surface area contributed by atoms with Gasteiger partial charge in [0.15, 0.2) is 0 Å². The third kappa shape index (κ3) is 7.85. The molecule has 2 atom stereocenters. The molecule has 0 aromatic rings. The van der Waals surface area contributed by atoms with Crippen molar-refractivity contribution in [1.29, 1.82) is 0 Å². The summed E-state index contributed by atoms with van der Waals surface area (Å²) in [4.78, 5) is 0. The van der Waals surface area contributed by atoms with Crippen molar-refractivity contribution in [2.75, 3.05) is 66.1 Å². The van der Waals surface area contributed by atoms with Gasteiger partial charge in [0.1, 0.15) is 0 Å². The molecule has 6 nitrogen and oxygen atoms in total. The molecule has 1 aliphatic heterocycles. The van der Waals surface area contributed by atoms with E-state index in [4.69, 9.17) is 28.4 Å². The summed E-state index contributed by atoms with van der Waals surface area (Å²) < 4.78 is 33.7. The Hall–Kier alpha value is -0.240. The van der Waals surface area contributed by atoms with E-state index in [1.54, 1.807) is 0 Å². The Morgan fingerprint density at radius 2 is 0.727 bits per heavy atom. The van der Waals surface area contributed by atoms with Gasteiger partial charge in [-0.15, -0.1) is 0 Å². The van der Waals surface area contributed by atoms with Crippen LogP contribution in [0.1, 0.15) is 25.7 Å². The van der Waals surface area contributed by atoms with Gasteiger partial charge >= 0.3 is 0 Å². The summed E-state index contributed by atoms with van der Waals surface area (Å²) in [5.74, 6) is 0. The van der Waals surface area contributed by atoms with Crippen LogP contribution in [-0.4, -0.2) is 78.3 Å². The quantitative estimate of drug-likeness (QED) is 0.673. The van der Waals surface area contributed by atoms with Crippen molar-refractivity contribution in [3.63, 3.8) is 0 Å². The molecule has 0 spiro atoms. The van der Waals surface area contributed by atoms with Crippen LogP contribution in [-0.2, 0) is 28.4 Å². The summed E-state index contributed by atoms with van der Waals surface area (Å²) >= 11 is 0. The fourth-order valence-corrected chi connectivity index (χ4v) is 2.72. The molecule has 1 aliphatic carbocycles. The Morgan fingerprint density at radius 3 is 1.09 bits per heavy atom. The highest BCUT2D eigenvalue weighted by Crippen LogP contribution is 2.23. The summed E-state index contributed by atoms with van der Waals surface area (Å²) in [6.07, 6.45) is 4.96. The van der Waals surface area contributed by atoms with Crippen LogP contribution in [0.3, 0.4) is 0 Å². The smallest absolute Gasteiger partial charge is 0.0837 e. The highest BCUT2D eigenvalue weighted by atomic mass is 16.6. The van der Waals surface area contributed by atoms with E-state index in [0.717, 1.165) is 12.8 Å². The van der Waals surface area contributed by atoms with Crippen LogP contribution in [0.4, 0.5) is 0 Å². The molecular weight excluding hydrogens is 288 g/mol. The van der Waals surface area contributed by atoms with Crippen LogP contribution >= 0.6 is 0 Å². The average Bonchev–Trinajstić information content (AvgIpc) is 2.55. The summed E-state index contributed by atoms with van der Waals surface area (Å²) in [7, 11) is 0. The fourth-order valence-electron chi connectivity index (χ4n) is 2.72. The third-order valence-corrected chi connectivity index (χ3v) is 3.88. The number of hydrogen-bond donors (Lipinski definition) is 0. The summed E-state index contributed by atoms with van der Waals surface area (Å²) in [6.45, 7) is 5.99. The minimum atomic E-state index is 0.191. The monoisotopic (exact) mass is 318 g/mol. The lowest BCUT2D eigenvalue weighted by Gasteiger charge is -2.31. The van der Waals surface area contributed by atoms with Gasteiger partial charge in [0.05, 0.1) is 78.3 Å². The minimum absolute atomic E-state index is 0.191. The number of ether oxygens (including phenoxy) is 6. The molecule has 2 unspecified atom stereocenters. The van der Waals surface area contributed by atoms with Crippen molar-refractivity contribution in [1.82, 2.24) is 0 Å². The molecule has 0 N–H and O–H groups in total. The molecule has 2 fully saturated rings. The van der Waals surface area contributed by atoms with E-state index >= 15 is 0 Å². The van der Waals surface area contributed by atoms with Crippen molar-refractivity contribution in [2.24, 2.45) is 0 Å². The largest absolute Gasteiger partial charge is 0.377 e. The zero-order chi connectivity index (χ0) is 15.3. The Balaban J connectivity index is 1.69. The Bertz CT molecular complexity index is 237. The Labute approximate surface area is 133 Å². The van der Waals surface area contributed by atoms with Gasteiger partial charge in [-0.05, 0) is 12.8 Å². The molecule has 1 heterocycles. The molecule has 0 aromatic heterocycles. The van der Waals surface area contributed by atoms with Gasteiger partial charge in [-0.25, -0.2) is 0 Å². The van der Waals surface area contributed by atoms with Crippen LogP contribution < -0.4 is 0 Å². The van der Waals surface area contributed by atoms with E-state index in [1.807, 2.05) is 0 Å². The highest BCUT2D eigenvalue weighted by molar-refractivity contribution is 4.76. The second-order valence-corrected chi connectivity index (χ2v) is 5.55. The maximum absolute atomic E-state index is 5.94. The predicted molar refractivity (Wildman–Crippen MR) is 81.2 cm³/mol. The summed E-state index contributed by atoms with van der Waals surface area (Å²) in [6, 6.07) is 0. The molecule has 1 saturated heterocycles. The maximum Gasteiger partial charge on any atom is 0.0837 e. The van der Waals surface area contributed by atoms with Crippen molar-refractivity contribution >= 4 is 0 Å². The number of rotatable bonds is 0. The molecule has 0 amide bonds. The van der Waals surface area contributed by atoms with Gasteiger partial charge in [0.2, 0.25) is 0 Å². The van der Waals surface area contributed by atoms with Gasteiger partial charge in [0.25, 0.3) is 0 Å². The van der Waals surface area contributed by atoms with E-state index in [0.29, 0.717) is 66.1 Å². The molecule has 2 aliphatic rings. The molecule has 1 saturated carbocycles. The zero-order valence-electron chi connectivity index (χ0n) is 13.5. The summed E-state index contributed by atoms with van der Waals surface area (Å²) in [5.41, 5.74) is 0. The van der Waals surface area contributed by atoms with Gasteiger partial charge in [-0.3, -0.25) is 0 Å². The molecule has 0 bridgehead atoms. The van der Waals surface area contributed by atoms with E-state index < -0.39 is 0 Å². The average molecular weight is 318 g/mol. The number of fused-ring (bicyclic) bond motifs is 1. The second kappa shape index (κ2) is 12.2. The van der Waals surface area contributed by atoms with Gasteiger partial charge < -0.3 is 28.4 Å². The van der Waals surface area contributed by atoms with Crippen LogP contribution in [0.15, 0.2) is 0 Å². The first-order valence-electron chi connectivity index (χ1n) is 8.51. The molecular formula is C16H30O6. The molecule has 0 radical (unpaired) electrons. The standard InChI is InChI=1S/C16H30O6/c1-2-4-16-15(3-1)21-13-11-19-9-7-17-5-6-18-8-10-20-12-14-22-16/h15-16H,1-14H2. The van der Waals surface area contributed by atoms with Crippen LogP contribution in [0, 0.1) is 0 Å². The summed E-state index contributed by atoms with van der Waals surface area (Å²) in [5, 5.41) is 0. The first kappa shape index (κ1) is 18.1. The Morgan fingerprint density at radius 1 is 0.409 bits per heavy atom. The predicted octanol–water partition coefficient (Wildman–Crippen LogP) is 1.41. The first-order valence-corrected chi connectivity index (χ1v) is 8.51. The van der Waals surface area contributed by atoms with E-state index in [1.165, 1.54) is 12.8 Å². The SMILES string of the molecule is C1CCC2OCCOCCOCCOCCOCCOC2C1. The number of hydrogen-bond acceptors (Lipinski definition) is 6. The lowest BCUT2D eigenvalue weighted by atomic mass is 9.94. The first-order chi connectivity index (χ1) is 11.0. The lowest BCUT2D eigenvalue weighted by molar-refractivity contribution is -0.113. The zero-order valence-corrected chi connectivity index (χ0v) is 13.5. The van der Waals surface area contributed by atoms with E-state index in [9.17, 15) is 0 Å².